The number of anilines is 2. The summed E-state index contributed by atoms with van der Waals surface area (Å²) in [4.78, 5) is 35.8. The summed E-state index contributed by atoms with van der Waals surface area (Å²) < 4.78 is 5.68. The molecule has 1 aliphatic heterocycles. The van der Waals surface area contributed by atoms with E-state index in [1.54, 1.807) is 30.5 Å². The third-order valence-corrected chi connectivity index (χ3v) is 5.70. The van der Waals surface area contributed by atoms with E-state index in [1.165, 1.54) is 12.1 Å². The lowest BCUT2D eigenvalue weighted by Crippen LogP contribution is -2.48. The SMILES string of the molecule is Cc1ccc([N+](=O)[O-])cc1Nc1nccc(-c2ccc(OCC(=O)N3CCN(C)CC3)cc2)n1. The Labute approximate surface area is 197 Å². The first-order chi connectivity index (χ1) is 16.4. The molecule has 1 amide bonds. The summed E-state index contributed by atoms with van der Waals surface area (Å²) >= 11 is 0. The number of nitrogens with zero attached hydrogens (tertiary/aromatic N) is 5. The molecule has 0 atom stereocenters. The number of hydrogen-bond acceptors (Lipinski definition) is 8. The largest absolute Gasteiger partial charge is 0.484 e. The predicted molar refractivity (Wildman–Crippen MR) is 128 cm³/mol. The molecule has 0 radical (unpaired) electrons. The van der Waals surface area contributed by atoms with Gasteiger partial charge in [0.05, 0.1) is 16.3 Å². The Morgan fingerprint density at radius 1 is 1.12 bits per heavy atom. The van der Waals surface area contributed by atoms with Crippen LogP contribution >= 0.6 is 0 Å². The van der Waals surface area contributed by atoms with Crippen molar-refractivity contribution in [2.75, 3.05) is 45.2 Å². The van der Waals surface area contributed by atoms with Crippen molar-refractivity contribution in [2.45, 2.75) is 6.92 Å². The Kier molecular flexibility index (Phi) is 6.98. The van der Waals surface area contributed by atoms with Crippen LogP contribution < -0.4 is 10.1 Å². The molecule has 2 heterocycles. The number of aromatic nitrogens is 2. The topological polar surface area (TPSA) is 114 Å². The van der Waals surface area contributed by atoms with Crippen LogP contribution in [-0.2, 0) is 4.79 Å². The highest BCUT2D eigenvalue weighted by molar-refractivity contribution is 5.78. The maximum Gasteiger partial charge on any atom is 0.271 e. The van der Waals surface area contributed by atoms with E-state index in [0.717, 1.165) is 37.3 Å². The lowest BCUT2D eigenvalue weighted by molar-refractivity contribution is -0.384. The van der Waals surface area contributed by atoms with Crippen molar-refractivity contribution in [3.05, 3.63) is 70.4 Å². The van der Waals surface area contributed by atoms with Crippen molar-refractivity contribution in [3.63, 3.8) is 0 Å². The zero-order valence-corrected chi connectivity index (χ0v) is 19.1. The molecule has 0 aliphatic carbocycles. The van der Waals surface area contributed by atoms with E-state index in [9.17, 15) is 14.9 Å². The highest BCUT2D eigenvalue weighted by Gasteiger charge is 2.19. The molecule has 10 heteroatoms. The third kappa shape index (κ3) is 5.65. The molecule has 34 heavy (non-hydrogen) atoms. The van der Waals surface area contributed by atoms with Gasteiger partial charge in [-0.15, -0.1) is 0 Å². The molecule has 1 saturated heterocycles. The molecule has 0 saturated carbocycles. The van der Waals surface area contributed by atoms with E-state index in [2.05, 4.69) is 20.2 Å². The average molecular weight is 463 g/mol. The number of nitro benzene ring substituents is 1. The van der Waals surface area contributed by atoms with Crippen LogP contribution in [0.15, 0.2) is 54.7 Å². The molecule has 0 bridgehead atoms. The van der Waals surface area contributed by atoms with Gasteiger partial charge in [-0.2, -0.15) is 0 Å². The first-order valence-electron chi connectivity index (χ1n) is 10.9. The zero-order valence-electron chi connectivity index (χ0n) is 19.1. The van der Waals surface area contributed by atoms with Gasteiger partial charge < -0.3 is 19.9 Å². The van der Waals surface area contributed by atoms with Crippen LogP contribution in [-0.4, -0.2) is 70.4 Å². The van der Waals surface area contributed by atoms with Gasteiger partial charge >= 0.3 is 0 Å². The molecule has 0 unspecified atom stereocenters. The molecule has 10 nitrogen and oxygen atoms in total. The minimum atomic E-state index is -0.440. The van der Waals surface area contributed by atoms with E-state index in [1.807, 2.05) is 31.0 Å². The van der Waals surface area contributed by atoms with Crippen molar-refractivity contribution in [2.24, 2.45) is 0 Å². The Balaban J connectivity index is 1.39. The molecule has 1 N–H and O–H groups in total. The molecule has 1 fully saturated rings. The Morgan fingerprint density at radius 2 is 1.85 bits per heavy atom. The van der Waals surface area contributed by atoms with Gasteiger partial charge in [-0.25, -0.2) is 9.97 Å². The zero-order chi connectivity index (χ0) is 24.1. The van der Waals surface area contributed by atoms with Gasteiger partial charge in [-0.1, -0.05) is 6.07 Å². The Bertz CT molecular complexity index is 1180. The number of hydrogen-bond donors (Lipinski definition) is 1. The lowest BCUT2D eigenvalue weighted by Gasteiger charge is -2.32. The van der Waals surface area contributed by atoms with E-state index < -0.39 is 4.92 Å². The minimum absolute atomic E-state index is 0.00714. The summed E-state index contributed by atoms with van der Waals surface area (Å²) in [5.74, 6) is 0.921. The summed E-state index contributed by atoms with van der Waals surface area (Å²) in [6.07, 6.45) is 1.62. The lowest BCUT2D eigenvalue weighted by atomic mass is 10.1. The fourth-order valence-corrected chi connectivity index (χ4v) is 3.57. The normalized spacial score (nSPS) is 14.0. The van der Waals surface area contributed by atoms with Crippen LogP contribution in [0.5, 0.6) is 5.75 Å². The first-order valence-corrected chi connectivity index (χ1v) is 10.9. The number of non-ortho nitro benzene ring substituents is 1. The van der Waals surface area contributed by atoms with Crippen molar-refractivity contribution in [1.82, 2.24) is 19.8 Å². The fraction of sp³-hybridized carbons (Fsp3) is 0.292. The summed E-state index contributed by atoms with van der Waals surface area (Å²) in [5.41, 5.74) is 2.93. The van der Waals surface area contributed by atoms with Gasteiger partial charge in [0.1, 0.15) is 5.75 Å². The van der Waals surface area contributed by atoms with Crippen LogP contribution in [0.2, 0.25) is 0 Å². The number of aryl methyl sites for hydroxylation is 1. The number of ether oxygens (including phenoxy) is 1. The number of likely N-dealkylation sites (N-methyl/N-ethyl adjacent to an activating group) is 1. The first kappa shape index (κ1) is 23.1. The molecule has 4 rings (SSSR count). The maximum atomic E-state index is 12.4. The maximum absolute atomic E-state index is 12.4. The molecule has 0 spiro atoms. The van der Waals surface area contributed by atoms with Gasteiger partial charge in [0.2, 0.25) is 5.95 Å². The quantitative estimate of drug-likeness (QED) is 0.420. The number of benzene rings is 2. The molecular formula is C24H26N6O4. The van der Waals surface area contributed by atoms with Crippen LogP contribution in [0.3, 0.4) is 0 Å². The van der Waals surface area contributed by atoms with Gasteiger partial charge in [-0.3, -0.25) is 14.9 Å². The average Bonchev–Trinajstić information content (AvgIpc) is 2.85. The second-order valence-corrected chi connectivity index (χ2v) is 8.14. The van der Waals surface area contributed by atoms with E-state index in [4.69, 9.17) is 4.74 Å². The summed E-state index contributed by atoms with van der Waals surface area (Å²) in [7, 11) is 2.05. The molecule has 1 aliphatic rings. The number of nitro groups is 1. The van der Waals surface area contributed by atoms with Crippen LogP contribution in [0.4, 0.5) is 17.3 Å². The Morgan fingerprint density at radius 3 is 2.56 bits per heavy atom. The number of rotatable bonds is 7. The molecule has 3 aromatic rings. The predicted octanol–water partition coefficient (Wildman–Crippen LogP) is 3.26. The molecule has 176 valence electrons. The van der Waals surface area contributed by atoms with Crippen molar-refractivity contribution in [3.8, 4) is 17.0 Å². The molecular weight excluding hydrogens is 436 g/mol. The van der Waals surface area contributed by atoms with Crippen LogP contribution in [0.25, 0.3) is 11.3 Å². The van der Waals surface area contributed by atoms with Crippen LogP contribution in [0.1, 0.15) is 5.56 Å². The van der Waals surface area contributed by atoms with Crippen molar-refractivity contribution >= 4 is 23.2 Å². The second-order valence-electron chi connectivity index (χ2n) is 8.14. The summed E-state index contributed by atoms with van der Waals surface area (Å²) in [5, 5.41) is 14.1. The number of carbonyl (C=O) groups is 1. The summed E-state index contributed by atoms with van der Waals surface area (Å²) in [6, 6.07) is 13.7. The van der Waals surface area contributed by atoms with Crippen LogP contribution in [0, 0.1) is 17.0 Å². The number of amides is 1. The van der Waals surface area contributed by atoms with E-state index >= 15 is 0 Å². The van der Waals surface area contributed by atoms with Gasteiger partial charge in [0.15, 0.2) is 6.61 Å². The monoisotopic (exact) mass is 462 g/mol. The van der Waals surface area contributed by atoms with Gasteiger partial charge in [-0.05, 0) is 49.9 Å². The molecule has 1 aromatic heterocycles. The van der Waals surface area contributed by atoms with Gasteiger partial charge in [0.25, 0.3) is 11.6 Å². The third-order valence-electron chi connectivity index (χ3n) is 5.70. The summed E-state index contributed by atoms with van der Waals surface area (Å²) in [6.45, 7) is 5.04. The number of carbonyl (C=O) groups excluding carboxylic acids is 1. The minimum Gasteiger partial charge on any atom is -0.484 e. The van der Waals surface area contributed by atoms with Gasteiger partial charge in [0, 0.05) is 50.1 Å². The van der Waals surface area contributed by atoms with Crippen molar-refractivity contribution in [1.29, 1.82) is 0 Å². The standard InChI is InChI=1S/C24H26N6O4/c1-17-3-6-19(30(32)33)15-22(17)27-24-25-10-9-21(26-24)18-4-7-20(8-5-18)34-16-23(31)29-13-11-28(2)12-14-29/h3-10,15H,11-14,16H2,1-2H3,(H,25,26,27). The van der Waals surface area contributed by atoms with Crippen molar-refractivity contribution < 1.29 is 14.5 Å². The smallest absolute Gasteiger partial charge is 0.271 e. The molecule has 2 aromatic carbocycles. The Hall–Kier alpha value is -4.05. The highest BCUT2D eigenvalue weighted by Crippen LogP contribution is 2.26. The number of nitrogens with one attached hydrogen (secondary N) is 1. The number of piperazine rings is 1. The highest BCUT2D eigenvalue weighted by atomic mass is 16.6. The second kappa shape index (κ2) is 10.3. The van der Waals surface area contributed by atoms with E-state index in [-0.39, 0.29) is 18.2 Å². The van der Waals surface area contributed by atoms with E-state index in [0.29, 0.717) is 23.1 Å². The fourth-order valence-electron chi connectivity index (χ4n) is 3.57.